The predicted molar refractivity (Wildman–Crippen MR) is 63.0 cm³/mol. The molecule has 1 atom stereocenters. The summed E-state index contributed by atoms with van der Waals surface area (Å²) in [6.07, 6.45) is 0.327. The Hall–Kier alpha value is -0.290. The summed E-state index contributed by atoms with van der Waals surface area (Å²) >= 11 is 0. The van der Waals surface area contributed by atoms with Crippen molar-refractivity contribution in [2.45, 2.75) is 57.8 Å². The van der Waals surface area contributed by atoms with Gasteiger partial charge in [0, 0.05) is 18.6 Å². The van der Waals surface area contributed by atoms with Crippen molar-refractivity contribution in [3.8, 4) is 0 Å². The van der Waals surface area contributed by atoms with Gasteiger partial charge in [0.15, 0.2) is 0 Å². The maximum Gasteiger partial charge on any atom is 0.401 e. The molecule has 1 rings (SSSR count). The molecule has 0 aromatic rings. The number of rotatable bonds is 4. The molecular weight excluding hydrogens is 229 g/mol. The van der Waals surface area contributed by atoms with Crippen LogP contribution in [0.2, 0.25) is 0 Å². The van der Waals surface area contributed by atoms with Gasteiger partial charge in [0.05, 0.1) is 6.54 Å². The molecule has 1 N–H and O–H groups in total. The summed E-state index contributed by atoms with van der Waals surface area (Å²) in [5.74, 6) is 0. The molecule has 17 heavy (non-hydrogen) atoms. The molecule has 0 aliphatic carbocycles. The highest BCUT2D eigenvalue weighted by Gasteiger charge is 2.32. The van der Waals surface area contributed by atoms with E-state index < -0.39 is 12.7 Å². The lowest BCUT2D eigenvalue weighted by molar-refractivity contribution is -0.150. The van der Waals surface area contributed by atoms with Crippen molar-refractivity contribution in [2.75, 3.05) is 19.6 Å². The zero-order valence-corrected chi connectivity index (χ0v) is 10.7. The number of nitrogens with one attached hydrogen (secondary N) is 1. The largest absolute Gasteiger partial charge is 0.401 e. The molecular formula is C12H23F3N2. The van der Waals surface area contributed by atoms with Gasteiger partial charge in [0.25, 0.3) is 0 Å². The first-order valence-corrected chi connectivity index (χ1v) is 6.42. The molecule has 0 aromatic heterocycles. The highest BCUT2D eigenvalue weighted by molar-refractivity contribution is 4.78. The molecule has 1 unspecified atom stereocenters. The molecule has 0 saturated carbocycles. The average Bonchev–Trinajstić information content (AvgIpc) is 2.43. The summed E-state index contributed by atoms with van der Waals surface area (Å²) in [6, 6.07) is 0.143. The highest BCUT2D eigenvalue weighted by atomic mass is 19.4. The van der Waals surface area contributed by atoms with Crippen LogP contribution >= 0.6 is 0 Å². The van der Waals surface area contributed by atoms with Crippen molar-refractivity contribution in [3.63, 3.8) is 0 Å². The van der Waals surface area contributed by atoms with E-state index in [-0.39, 0.29) is 12.1 Å². The van der Waals surface area contributed by atoms with E-state index in [1.807, 2.05) is 13.8 Å². The highest BCUT2D eigenvalue weighted by Crippen LogP contribution is 2.19. The molecule has 1 aliphatic heterocycles. The Kier molecular flexibility index (Phi) is 5.73. The van der Waals surface area contributed by atoms with Gasteiger partial charge in [-0.3, -0.25) is 4.90 Å². The molecule has 0 amide bonds. The van der Waals surface area contributed by atoms with Gasteiger partial charge in [-0.15, -0.1) is 0 Å². The monoisotopic (exact) mass is 252 g/mol. The van der Waals surface area contributed by atoms with E-state index in [0.717, 1.165) is 25.8 Å². The van der Waals surface area contributed by atoms with Crippen molar-refractivity contribution >= 4 is 0 Å². The maximum atomic E-state index is 12.4. The average molecular weight is 252 g/mol. The lowest BCUT2D eigenvalue weighted by Crippen LogP contribution is -2.47. The Bertz CT molecular complexity index is 208. The first kappa shape index (κ1) is 14.8. The number of hydrogen-bond acceptors (Lipinski definition) is 2. The van der Waals surface area contributed by atoms with Gasteiger partial charge in [-0.05, 0) is 33.2 Å². The fourth-order valence-electron chi connectivity index (χ4n) is 2.23. The molecule has 1 aliphatic rings. The standard InChI is InChI=1S/C12H23F3N2/c1-10(2)17(9-12(13,14)15)8-11-6-4-3-5-7-16-11/h10-11,16H,3-9H2,1-2H3. The van der Waals surface area contributed by atoms with Gasteiger partial charge in [-0.1, -0.05) is 12.8 Å². The molecule has 5 heteroatoms. The van der Waals surface area contributed by atoms with Crippen LogP contribution in [-0.2, 0) is 0 Å². The van der Waals surface area contributed by atoms with Gasteiger partial charge in [0.2, 0.25) is 0 Å². The normalized spacial score (nSPS) is 23.1. The molecule has 2 nitrogen and oxygen atoms in total. The van der Waals surface area contributed by atoms with Gasteiger partial charge in [-0.25, -0.2) is 0 Å². The first-order chi connectivity index (χ1) is 7.88. The van der Waals surface area contributed by atoms with Crippen LogP contribution < -0.4 is 5.32 Å². The SMILES string of the molecule is CC(C)N(CC1CCCCCN1)CC(F)(F)F. The van der Waals surface area contributed by atoms with Crippen molar-refractivity contribution in [2.24, 2.45) is 0 Å². The Labute approximate surface area is 102 Å². The second kappa shape index (κ2) is 6.59. The van der Waals surface area contributed by atoms with Crippen molar-refractivity contribution in [1.82, 2.24) is 10.2 Å². The molecule has 102 valence electrons. The molecule has 0 spiro atoms. The maximum absolute atomic E-state index is 12.4. The van der Waals surface area contributed by atoms with Gasteiger partial charge >= 0.3 is 6.18 Å². The molecule has 0 aromatic carbocycles. The number of alkyl halides is 3. The molecule has 1 heterocycles. The Morgan fingerprint density at radius 2 is 1.94 bits per heavy atom. The summed E-state index contributed by atoms with van der Waals surface area (Å²) in [5, 5.41) is 3.34. The number of nitrogens with zero attached hydrogens (tertiary/aromatic N) is 1. The van der Waals surface area contributed by atoms with Crippen LogP contribution in [0.4, 0.5) is 13.2 Å². The van der Waals surface area contributed by atoms with Crippen molar-refractivity contribution in [1.29, 1.82) is 0 Å². The van der Waals surface area contributed by atoms with E-state index in [9.17, 15) is 13.2 Å². The van der Waals surface area contributed by atoms with Crippen molar-refractivity contribution < 1.29 is 13.2 Å². The molecule has 1 fully saturated rings. The summed E-state index contributed by atoms with van der Waals surface area (Å²) < 4.78 is 37.3. The van der Waals surface area contributed by atoms with Crippen LogP contribution in [0.3, 0.4) is 0 Å². The van der Waals surface area contributed by atoms with Gasteiger partial charge in [-0.2, -0.15) is 13.2 Å². The minimum atomic E-state index is -4.10. The fraction of sp³-hybridized carbons (Fsp3) is 1.00. The zero-order valence-electron chi connectivity index (χ0n) is 10.7. The smallest absolute Gasteiger partial charge is 0.313 e. The topological polar surface area (TPSA) is 15.3 Å². The Morgan fingerprint density at radius 3 is 2.53 bits per heavy atom. The van der Waals surface area contributed by atoms with E-state index in [0.29, 0.717) is 6.54 Å². The second-order valence-corrected chi connectivity index (χ2v) is 5.14. The second-order valence-electron chi connectivity index (χ2n) is 5.14. The molecule has 0 radical (unpaired) electrons. The van der Waals surface area contributed by atoms with E-state index in [1.165, 1.54) is 11.3 Å². The van der Waals surface area contributed by atoms with E-state index >= 15 is 0 Å². The summed E-state index contributed by atoms with van der Waals surface area (Å²) in [6.45, 7) is 4.27. The summed E-state index contributed by atoms with van der Waals surface area (Å²) in [4.78, 5) is 1.52. The lowest BCUT2D eigenvalue weighted by atomic mass is 10.1. The fourth-order valence-corrected chi connectivity index (χ4v) is 2.23. The van der Waals surface area contributed by atoms with E-state index in [1.54, 1.807) is 0 Å². The Balaban J connectivity index is 2.47. The number of hydrogen-bond donors (Lipinski definition) is 1. The predicted octanol–water partition coefficient (Wildman–Crippen LogP) is 2.79. The van der Waals surface area contributed by atoms with Crippen LogP contribution in [-0.4, -0.2) is 42.8 Å². The zero-order chi connectivity index (χ0) is 12.9. The van der Waals surface area contributed by atoms with E-state index in [2.05, 4.69) is 5.32 Å². The third-order valence-corrected chi connectivity index (χ3v) is 3.23. The van der Waals surface area contributed by atoms with Gasteiger partial charge in [0.1, 0.15) is 0 Å². The number of halogens is 3. The van der Waals surface area contributed by atoms with Crippen LogP contribution in [0.25, 0.3) is 0 Å². The van der Waals surface area contributed by atoms with Gasteiger partial charge < -0.3 is 5.32 Å². The third-order valence-electron chi connectivity index (χ3n) is 3.23. The summed E-state index contributed by atoms with van der Waals surface area (Å²) in [7, 11) is 0. The van der Waals surface area contributed by atoms with Crippen LogP contribution in [0.5, 0.6) is 0 Å². The quantitative estimate of drug-likeness (QED) is 0.827. The minimum Gasteiger partial charge on any atom is -0.313 e. The van der Waals surface area contributed by atoms with E-state index in [4.69, 9.17) is 0 Å². The molecule has 1 saturated heterocycles. The van der Waals surface area contributed by atoms with Crippen molar-refractivity contribution in [3.05, 3.63) is 0 Å². The minimum absolute atomic E-state index is 0.0679. The third kappa shape index (κ3) is 6.27. The van der Waals surface area contributed by atoms with Crippen LogP contribution in [0.15, 0.2) is 0 Å². The van der Waals surface area contributed by atoms with Crippen LogP contribution in [0.1, 0.15) is 39.5 Å². The summed E-state index contributed by atoms with van der Waals surface area (Å²) in [5.41, 5.74) is 0. The Morgan fingerprint density at radius 1 is 1.24 bits per heavy atom. The van der Waals surface area contributed by atoms with Crippen LogP contribution in [0, 0.1) is 0 Å². The lowest BCUT2D eigenvalue weighted by Gasteiger charge is -2.31. The molecule has 0 bridgehead atoms. The first-order valence-electron chi connectivity index (χ1n) is 6.42.